The van der Waals surface area contributed by atoms with Crippen molar-refractivity contribution in [2.75, 3.05) is 32.2 Å². The van der Waals surface area contributed by atoms with Crippen molar-refractivity contribution in [1.29, 1.82) is 0 Å². The molecule has 0 saturated heterocycles. The van der Waals surface area contributed by atoms with Gasteiger partial charge >= 0.3 is 5.97 Å². The Morgan fingerprint density at radius 1 is 1.42 bits per heavy atom. The number of nitrogens with zero attached hydrogens (tertiary/aromatic N) is 2. The van der Waals surface area contributed by atoms with Gasteiger partial charge in [-0.05, 0) is 13.3 Å². The van der Waals surface area contributed by atoms with Crippen LogP contribution < -0.4 is 5.32 Å². The molecule has 19 heavy (non-hydrogen) atoms. The SMILES string of the molecule is CCCCOCCNc1nc(C)ncc1C(=O)OC. The van der Waals surface area contributed by atoms with Crippen LogP contribution in [0, 0.1) is 6.92 Å². The zero-order chi connectivity index (χ0) is 14.1. The first kappa shape index (κ1) is 15.4. The van der Waals surface area contributed by atoms with Gasteiger partial charge in [-0.25, -0.2) is 14.8 Å². The van der Waals surface area contributed by atoms with Gasteiger partial charge in [-0.2, -0.15) is 0 Å². The monoisotopic (exact) mass is 267 g/mol. The van der Waals surface area contributed by atoms with Gasteiger partial charge in [0, 0.05) is 19.3 Å². The lowest BCUT2D eigenvalue weighted by molar-refractivity contribution is 0.0600. The molecule has 1 rings (SSSR count). The molecule has 6 nitrogen and oxygen atoms in total. The molecule has 0 unspecified atom stereocenters. The van der Waals surface area contributed by atoms with E-state index in [-0.39, 0.29) is 0 Å². The van der Waals surface area contributed by atoms with Crippen molar-refractivity contribution in [3.63, 3.8) is 0 Å². The third-order valence-corrected chi connectivity index (χ3v) is 2.50. The first-order valence-electron chi connectivity index (χ1n) is 6.42. The molecule has 0 bridgehead atoms. The number of methoxy groups -OCH3 is 1. The molecule has 0 radical (unpaired) electrons. The van der Waals surface area contributed by atoms with E-state index in [4.69, 9.17) is 4.74 Å². The molecule has 6 heteroatoms. The Morgan fingerprint density at radius 2 is 2.21 bits per heavy atom. The summed E-state index contributed by atoms with van der Waals surface area (Å²) in [6.45, 7) is 5.80. The second-order valence-electron chi connectivity index (χ2n) is 4.06. The molecular weight excluding hydrogens is 246 g/mol. The highest BCUT2D eigenvalue weighted by molar-refractivity contribution is 5.94. The summed E-state index contributed by atoms with van der Waals surface area (Å²) in [5.41, 5.74) is 0.335. The van der Waals surface area contributed by atoms with Gasteiger partial charge in [0.05, 0.1) is 13.7 Å². The van der Waals surface area contributed by atoms with Gasteiger partial charge in [-0.15, -0.1) is 0 Å². The first-order valence-corrected chi connectivity index (χ1v) is 6.42. The van der Waals surface area contributed by atoms with Crippen LogP contribution in [0.25, 0.3) is 0 Å². The average Bonchev–Trinajstić information content (AvgIpc) is 2.42. The van der Waals surface area contributed by atoms with Gasteiger partial charge in [-0.3, -0.25) is 0 Å². The van der Waals surface area contributed by atoms with E-state index in [0.29, 0.717) is 30.4 Å². The van der Waals surface area contributed by atoms with Crippen LogP contribution >= 0.6 is 0 Å². The van der Waals surface area contributed by atoms with E-state index in [1.807, 2.05) is 0 Å². The van der Waals surface area contributed by atoms with E-state index < -0.39 is 5.97 Å². The minimum atomic E-state index is -0.450. The predicted molar refractivity (Wildman–Crippen MR) is 72.3 cm³/mol. The largest absolute Gasteiger partial charge is 0.465 e. The smallest absolute Gasteiger partial charge is 0.343 e. The van der Waals surface area contributed by atoms with E-state index in [9.17, 15) is 4.79 Å². The van der Waals surface area contributed by atoms with Gasteiger partial charge in [0.2, 0.25) is 0 Å². The molecule has 0 spiro atoms. The zero-order valence-corrected chi connectivity index (χ0v) is 11.7. The lowest BCUT2D eigenvalue weighted by Gasteiger charge is -2.10. The summed E-state index contributed by atoms with van der Waals surface area (Å²) in [5.74, 6) is 0.634. The van der Waals surface area contributed by atoms with Crippen LogP contribution in [0.4, 0.5) is 5.82 Å². The van der Waals surface area contributed by atoms with Gasteiger partial charge in [0.15, 0.2) is 0 Å². The molecule has 0 saturated carbocycles. The van der Waals surface area contributed by atoms with Crippen molar-refractivity contribution in [3.05, 3.63) is 17.6 Å². The molecule has 0 fully saturated rings. The average molecular weight is 267 g/mol. The highest BCUT2D eigenvalue weighted by Crippen LogP contribution is 2.12. The zero-order valence-electron chi connectivity index (χ0n) is 11.7. The van der Waals surface area contributed by atoms with Crippen LogP contribution in [0.3, 0.4) is 0 Å². The van der Waals surface area contributed by atoms with Crippen LogP contribution in [-0.4, -0.2) is 42.8 Å². The molecular formula is C13H21N3O3. The summed E-state index contributed by atoms with van der Waals surface area (Å²) in [7, 11) is 1.33. The quantitative estimate of drug-likeness (QED) is 0.572. The molecule has 0 aliphatic heterocycles. The fraction of sp³-hybridized carbons (Fsp3) is 0.615. The topological polar surface area (TPSA) is 73.3 Å². The summed E-state index contributed by atoms with van der Waals surface area (Å²) in [6, 6.07) is 0. The fourth-order valence-corrected chi connectivity index (χ4v) is 1.45. The van der Waals surface area contributed by atoms with Crippen LogP contribution in [0.2, 0.25) is 0 Å². The lowest BCUT2D eigenvalue weighted by atomic mass is 10.3. The van der Waals surface area contributed by atoms with Crippen molar-refractivity contribution >= 4 is 11.8 Å². The summed E-state index contributed by atoms with van der Waals surface area (Å²) in [4.78, 5) is 19.7. The number of ether oxygens (including phenoxy) is 2. The van der Waals surface area contributed by atoms with E-state index in [0.717, 1.165) is 19.4 Å². The number of unbranched alkanes of at least 4 members (excludes halogenated alkanes) is 1. The minimum absolute atomic E-state index is 0.335. The third-order valence-electron chi connectivity index (χ3n) is 2.50. The maximum atomic E-state index is 11.5. The summed E-state index contributed by atoms with van der Waals surface area (Å²) >= 11 is 0. The van der Waals surface area contributed by atoms with Crippen LogP contribution in [0.5, 0.6) is 0 Å². The predicted octanol–water partition coefficient (Wildman–Crippen LogP) is 1.80. The van der Waals surface area contributed by atoms with Crippen molar-refractivity contribution in [2.45, 2.75) is 26.7 Å². The third kappa shape index (κ3) is 5.21. The molecule has 1 N–H and O–H groups in total. The normalized spacial score (nSPS) is 10.3. The Morgan fingerprint density at radius 3 is 2.89 bits per heavy atom. The number of rotatable bonds is 8. The van der Waals surface area contributed by atoms with Crippen molar-refractivity contribution in [1.82, 2.24) is 9.97 Å². The molecule has 1 aromatic heterocycles. The Labute approximate surface area is 113 Å². The van der Waals surface area contributed by atoms with Crippen LogP contribution in [0.15, 0.2) is 6.20 Å². The Hall–Kier alpha value is -1.69. The number of anilines is 1. The van der Waals surface area contributed by atoms with Gasteiger partial charge < -0.3 is 14.8 Å². The molecule has 1 heterocycles. The minimum Gasteiger partial charge on any atom is -0.465 e. The number of aromatic nitrogens is 2. The second kappa shape index (κ2) is 8.42. The summed E-state index contributed by atoms with van der Waals surface area (Å²) in [5, 5.41) is 3.07. The van der Waals surface area contributed by atoms with Crippen molar-refractivity contribution in [2.24, 2.45) is 0 Å². The van der Waals surface area contributed by atoms with Crippen molar-refractivity contribution in [3.8, 4) is 0 Å². The Kier molecular flexibility index (Phi) is 6.81. The van der Waals surface area contributed by atoms with Crippen molar-refractivity contribution < 1.29 is 14.3 Å². The molecule has 0 aliphatic carbocycles. The Bertz CT molecular complexity index is 410. The number of aryl methyl sites for hydroxylation is 1. The standard InChI is InChI=1S/C13H21N3O3/c1-4-5-7-19-8-6-14-12-11(13(17)18-3)9-15-10(2)16-12/h9H,4-8H2,1-3H3,(H,14,15,16). The lowest BCUT2D eigenvalue weighted by Crippen LogP contribution is -2.15. The molecule has 1 aromatic rings. The highest BCUT2D eigenvalue weighted by atomic mass is 16.5. The van der Waals surface area contributed by atoms with Gasteiger partial charge in [0.25, 0.3) is 0 Å². The molecule has 0 amide bonds. The Balaban J connectivity index is 2.51. The van der Waals surface area contributed by atoms with E-state index in [1.165, 1.54) is 13.3 Å². The fourth-order valence-electron chi connectivity index (χ4n) is 1.45. The number of nitrogens with one attached hydrogen (secondary N) is 1. The number of esters is 1. The number of carbonyl (C=O) groups is 1. The van der Waals surface area contributed by atoms with Gasteiger partial charge in [-0.1, -0.05) is 13.3 Å². The maximum Gasteiger partial charge on any atom is 0.343 e. The number of hydrogen-bond acceptors (Lipinski definition) is 6. The van der Waals surface area contributed by atoms with Gasteiger partial charge in [0.1, 0.15) is 17.2 Å². The second-order valence-corrected chi connectivity index (χ2v) is 4.06. The number of carbonyl (C=O) groups excluding carboxylic acids is 1. The van der Waals surface area contributed by atoms with Crippen LogP contribution in [-0.2, 0) is 9.47 Å². The van der Waals surface area contributed by atoms with E-state index in [1.54, 1.807) is 6.92 Å². The molecule has 0 atom stereocenters. The first-order chi connectivity index (χ1) is 9.19. The summed E-state index contributed by atoms with van der Waals surface area (Å²) in [6.07, 6.45) is 3.64. The summed E-state index contributed by atoms with van der Waals surface area (Å²) < 4.78 is 10.1. The van der Waals surface area contributed by atoms with E-state index >= 15 is 0 Å². The molecule has 106 valence electrons. The molecule has 0 aromatic carbocycles. The maximum absolute atomic E-state index is 11.5. The van der Waals surface area contributed by atoms with Crippen LogP contribution in [0.1, 0.15) is 35.9 Å². The highest BCUT2D eigenvalue weighted by Gasteiger charge is 2.13. The van der Waals surface area contributed by atoms with E-state index in [2.05, 4.69) is 26.9 Å². The molecule has 0 aliphatic rings. The number of hydrogen-bond donors (Lipinski definition) is 1.